The molecule has 2 atom stereocenters. The molecule has 0 spiro atoms. The zero-order valence-corrected chi connectivity index (χ0v) is 10.5. The van der Waals surface area contributed by atoms with Crippen LogP contribution in [-0.4, -0.2) is 11.8 Å². The maximum atomic E-state index is 12.3. The van der Waals surface area contributed by atoms with Gasteiger partial charge in [-0.3, -0.25) is 14.5 Å². The fourth-order valence-corrected chi connectivity index (χ4v) is 3.01. The number of piperidine rings is 1. The highest BCUT2D eigenvalue weighted by Gasteiger charge is 2.45. The number of nitriles is 1. The van der Waals surface area contributed by atoms with Crippen LogP contribution in [0.3, 0.4) is 0 Å². The Labute approximate surface area is 111 Å². The van der Waals surface area contributed by atoms with Crippen molar-refractivity contribution in [3.63, 3.8) is 0 Å². The summed E-state index contributed by atoms with van der Waals surface area (Å²) in [7, 11) is 0. The molecular formula is C15H14N2O2. The van der Waals surface area contributed by atoms with E-state index in [1.54, 1.807) is 24.3 Å². The molecule has 2 fully saturated rings. The Hall–Kier alpha value is -2.15. The van der Waals surface area contributed by atoms with Gasteiger partial charge in [0, 0.05) is 11.8 Å². The molecule has 1 aliphatic carbocycles. The Morgan fingerprint density at radius 1 is 1.11 bits per heavy atom. The maximum Gasteiger partial charge on any atom is 0.236 e. The number of benzene rings is 1. The quantitative estimate of drug-likeness (QED) is 0.759. The molecule has 0 radical (unpaired) electrons. The summed E-state index contributed by atoms with van der Waals surface area (Å²) in [6.07, 6.45) is 2.73. The third-order valence-corrected chi connectivity index (χ3v) is 4.05. The first-order chi connectivity index (χ1) is 9.20. The van der Waals surface area contributed by atoms with E-state index < -0.39 is 0 Å². The molecule has 0 aromatic heterocycles. The fourth-order valence-electron chi connectivity index (χ4n) is 3.01. The molecular weight excluding hydrogens is 240 g/mol. The first-order valence-corrected chi connectivity index (χ1v) is 6.54. The third-order valence-electron chi connectivity index (χ3n) is 4.05. The molecule has 2 amide bonds. The molecule has 2 unspecified atom stereocenters. The smallest absolute Gasteiger partial charge is 0.236 e. The molecule has 96 valence electrons. The van der Waals surface area contributed by atoms with Crippen molar-refractivity contribution in [2.24, 2.45) is 11.8 Å². The van der Waals surface area contributed by atoms with Gasteiger partial charge in [-0.2, -0.15) is 5.26 Å². The molecule has 3 rings (SSSR count). The van der Waals surface area contributed by atoms with Crippen LogP contribution in [0.2, 0.25) is 0 Å². The predicted molar refractivity (Wildman–Crippen MR) is 69.1 cm³/mol. The Balaban J connectivity index is 1.90. The van der Waals surface area contributed by atoms with Gasteiger partial charge in [0.05, 0.1) is 18.2 Å². The van der Waals surface area contributed by atoms with Crippen LogP contribution in [0.25, 0.3) is 0 Å². The molecule has 1 aromatic carbocycles. The SMILES string of the molecule is N#CCc1ccc(N2C(=O)C3CCC(C3)C2=O)cc1. The van der Waals surface area contributed by atoms with Gasteiger partial charge < -0.3 is 0 Å². The molecule has 4 nitrogen and oxygen atoms in total. The summed E-state index contributed by atoms with van der Waals surface area (Å²) in [5.74, 6) is -0.0958. The standard InChI is InChI=1S/C15H14N2O2/c16-8-7-10-1-5-13(6-2-10)17-14(18)11-3-4-12(9-11)15(17)19/h1-2,5-6,11-12H,3-4,7,9H2. The van der Waals surface area contributed by atoms with E-state index in [2.05, 4.69) is 6.07 Å². The minimum absolute atomic E-state index is 0.0153. The van der Waals surface area contributed by atoms with Crippen molar-refractivity contribution in [2.45, 2.75) is 25.7 Å². The fraction of sp³-hybridized carbons (Fsp3) is 0.400. The van der Waals surface area contributed by atoms with E-state index in [-0.39, 0.29) is 23.7 Å². The van der Waals surface area contributed by atoms with E-state index in [1.165, 1.54) is 4.90 Å². The van der Waals surface area contributed by atoms with Gasteiger partial charge in [-0.15, -0.1) is 0 Å². The average Bonchev–Trinajstić information content (AvgIpc) is 2.86. The van der Waals surface area contributed by atoms with Crippen LogP contribution in [0.1, 0.15) is 24.8 Å². The molecule has 1 saturated heterocycles. The molecule has 1 saturated carbocycles. The normalized spacial score (nSPS) is 25.5. The largest absolute Gasteiger partial charge is 0.274 e. The molecule has 2 bridgehead atoms. The third kappa shape index (κ3) is 1.91. The van der Waals surface area contributed by atoms with E-state index in [0.29, 0.717) is 12.1 Å². The monoisotopic (exact) mass is 254 g/mol. The number of anilines is 1. The van der Waals surface area contributed by atoms with Gasteiger partial charge in [0.25, 0.3) is 0 Å². The summed E-state index contributed by atoms with van der Waals surface area (Å²) < 4.78 is 0. The zero-order valence-electron chi connectivity index (χ0n) is 10.5. The summed E-state index contributed by atoms with van der Waals surface area (Å²) in [4.78, 5) is 25.9. The Kier molecular flexibility index (Phi) is 2.83. The molecule has 1 aliphatic heterocycles. The van der Waals surface area contributed by atoms with Crippen molar-refractivity contribution in [3.8, 4) is 6.07 Å². The summed E-state index contributed by atoms with van der Waals surface area (Å²) in [6.45, 7) is 0. The highest BCUT2D eigenvalue weighted by Crippen LogP contribution is 2.39. The number of carbonyl (C=O) groups excluding carboxylic acids is 2. The minimum Gasteiger partial charge on any atom is -0.274 e. The van der Waals surface area contributed by atoms with Gasteiger partial charge in [-0.25, -0.2) is 0 Å². The van der Waals surface area contributed by atoms with Crippen molar-refractivity contribution >= 4 is 17.5 Å². The van der Waals surface area contributed by atoms with Gasteiger partial charge in [0.1, 0.15) is 0 Å². The number of nitrogens with zero attached hydrogens (tertiary/aromatic N) is 2. The Morgan fingerprint density at radius 3 is 2.21 bits per heavy atom. The lowest BCUT2D eigenvalue weighted by Crippen LogP contribution is -2.46. The molecule has 0 N–H and O–H groups in total. The second-order valence-electron chi connectivity index (χ2n) is 5.22. The summed E-state index contributed by atoms with van der Waals surface area (Å²) in [6, 6.07) is 9.19. The number of amides is 2. The Bertz CT molecular complexity index is 549. The number of imide groups is 1. The van der Waals surface area contributed by atoms with Crippen LogP contribution in [0, 0.1) is 23.2 Å². The predicted octanol–water partition coefficient (Wildman–Crippen LogP) is 2.04. The lowest BCUT2D eigenvalue weighted by atomic mass is 9.96. The second-order valence-corrected chi connectivity index (χ2v) is 5.22. The van der Waals surface area contributed by atoms with Crippen LogP contribution in [0.4, 0.5) is 5.69 Å². The van der Waals surface area contributed by atoms with Crippen molar-refractivity contribution in [1.82, 2.24) is 0 Å². The van der Waals surface area contributed by atoms with E-state index in [1.807, 2.05) is 0 Å². The average molecular weight is 254 g/mol. The van der Waals surface area contributed by atoms with Gasteiger partial charge in [-0.05, 0) is 37.0 Å². The second kappa shape index (κ2) is 4.51. The number of hydrogen-bond donors (Lipinski definition) is 0. The number of rotatable bonds is 2. The van der Waals surface area contributed by atoms with Crippen LogP contribution >= 0.6 is 0 Å². The van der Waals surface area contributed by atoms with Crippen molar-refractivity contribution in [3.05, 3.63) is 29.8 Å². The van der Waals surface area contributed by atoms with Crippen LogP contribution in [0.5, 0.6) is 0 Å². The summed E-state index contributed by atoms with van der Waals surface area (Å²) in [5.41, 5.74) is 1.53. The highest BCUT2D eigenvalue weighted by molar-refractivity contribution is 6.18. The first kappa shape index (κ1) is 11.9. The topological polar surface area (TPSA) is 61.2 Å². The lowest BCUT2D eigenvalue weighted by molar-refractivity contribution is -0.132. The first-order valence-electron chi connectivity index (χ1n) is 6.54. The van der Waals surface area contributed by atoms with E-state index in [0.717, 1.165) is 24.8 Å². The molecule has 1 heterocycles. The van der Waals surface area contributed by atoms with E-state index >= 15 is 0 Å². The van der Waals surface area contributed by atoms with Gasteiger partial charge in [0.15, 0.2) is 0 Å². The maximum absolute atomic E-state index is 12.3. The van der Waals surface area contributed by atoms with Gasteiger partial charge in [-0.1, -0.05) is 12.1 Å². The Morgan fingerprint density at radius 2 is 1.68 bits per heavy atom. The van der Waals surface area contributed by atoms with Crippen LogP contribution in [0.15, 0.2) is 24.3 Å². The van der Waals surface area contributed by atoms with E-state index in [4.69, 9.17) is 5.26 Å². The van der Waals surface area contributed by atoms with Crippen molar-refractivity contribution < 1.29 is 9.59 Å². The number of carbonyl (C=O) groups is 2. The number of fused-ring (bicyclic) bond motifs is 2. The minimum atomic E-state index is -0.0632. The summed E-state index contributed by atoms with van der Waals surface area (Å²) >= 11 is 0. The molecule has 19 heavy (non-hydrogen) atoms. The highest BCUT2D eigenvalue weighted by atomic mass is 16.2. The number of hydrogen-bond acceptors (Lipinski definition) is 3. The van der Waals surface area contributed by atoms with Gasteiger partial charge in [0.2, 0.25) is 11.8 Å². The zero-order chi connectivity index (χ0) is 13.4. The lowest BCUT2D eigenvalue weighted by Gasteiger charge is -2.29. The van der Waals surface area contributed by atoms with Gasteiger partial charge >= 0.3 is 0 Å². The van der Waals surface area contributed by atoms with Crippen LogP contribution < -0.4 is 4.90 Å². The molecule has 1 aromatic rings. The van der Waals surface area contributed by atoms with Crippen molar-refractivity contribution in [1.29, 1.82) is 5.26 Å². The summed E-state index contributed by atoms with van der Waals surface area (Å²) in [5, 5.41) is 8.63. The molecule has 4 heteroatoms. The molecule has 2 aliphatic rings. The van der Waals surface area contributed by atoms with Crippen molar-refractivity contribution in [2.75, 3.05) is 4.90 Å². The van der Waals surface area contributed by atoms with E-state index in [9.17, 15) is 9.59 Å². The van der Waals surface area contributed by atoms with Crippen LogP contribution in [-0.2, 0) is 16.0 Å².